The van der Waals surface area contributed by atoms with Gasteiger partial charge in [0.1, 0.15) is 0 Å². The molecule has 2 heteroatoms. The van der Waals surface area contributed by atoms with Crippen LogP contribution in [0.25, 0.3) is 0 Å². The molecule has 0 aromatic rings. The van der Waals surface area contributed by atoms with Crippen LogP contribution in [0, 0.1) is 11.3 Å². The van der Waals surface area contributed by atoms with Gasteiger partial charge in [0.05, 0.1) is 0 Å². The lowest BCUT2D eigenvalue weighted by Crippen LogP contribution is -2.50. The van der Waals surface area contributed by atoms with Crippen molar-refractivity contribution in [1.82, 2.24) is 10.2 Å². The van der Waals surface area contributed by atoms with Crippen molar-refractivity contribution in [1.29, 1.82) is 0 Å². The number of nitrogens with one attached hydrogen (secondary N) is 1. The van der Waals surface area contributed by atoms with E-state index in [4.69, 9.17) is 0 Å². The van der Waals surface area contributed by atoms with E-state index in [9.17, 15) is 0 Å². The Hall–Kier alpha value is -0.0800. The van der Waals surface area contributed by atoms with Gasteiger partial charge < -0.3 is 10.2 Å². The predicted molar refractivity (Wildman–Crippen MR) is 60.4 cm³/mol. The third-order valence-corrected chi connectivity index (χ3v) is 4.59. The first-order valence-electron chi connectivity index (χ1n) is 6.20. The largest absolute Gasteiger partial charge is 0.316 e. The van der Waals surface area contributed by atoms with Crippen molar-refractivity contribution in [2.24, 2.45) is 11.3 Å². The van der Waals surface area contributed by atoms with Gasteiger partial charge in [-0.15, -0.1) is 0 Å². The summed E-state index contributed by atoms with van der Waals surface area (Å²) in [6.45, 7) is 11.1. The van der Waals surface area contributed by atoms with E-state index >= 15 is 0 Å². The molecule has 0 aromatic carbocycles. The van der Waals surface area contributed by atoms with Crippen molar-refractivity contribution >= 4 is 0 Å². The molecule has 2 aliphatic rings. The fourth-order valence-electron chi connectivity index (χ4n) is 3.18. The first-order valence-corrected chi connectivity index (χ1v) is 6.20. The lowest BCUT2D eigenvalue weighted by molar-refractivity contribution is 0.0321. The third-order valence-electron chi connectivity index (χ3n) is 4.59. The highest BCUT2D eigenvalue weighted by molar-refractivity contribution is 4.93. The van der Waals surface area contributed by atoms with Crippen molar-refractivity contribution in [2.45, 2.75) is 33.1 Å². The highest BCUT2D eigenvalue weighted by atomic mass is 15.1. The Morgan fingerprint density at radius 1 is 1.29 bits per heavy atom. The molecule has 14 heavy (non-hydrogen) atoms. The second-order valence-corrected chi connectivity index (χ2v) is 5.15. The second kappa shape index (κ2) is 4.19. The van der Waals surface area contributed by atoms with Gasteiger partial charge in [-0.1, -0.05) is 13.8 Å². The van der Waals surface area contributed by atoms with E-state index in [2.05, 4.69) is 24.1 Å². The molecule has 0 saturated carbocycles. The minimum atomic E-state index is 0.691. The standard InChI is InChI=1S/C12H24N2/c1-3-14-8-5-12(6-9-14)4-7-13-10-11(12)2/h11,13H,3-10H2,1-2H3. The van der Waals surface area contributed by atoms with Crippen LogP contribution in [0.1, 0.15) is 33.1 Å². The van der Waals surface area contributed by atoms with Crippen LogP contribution in [-0.2, 0) is 0 Å². The lowest BCUT2D eigenvalue weighted by Gasteiger charge is -2.48. The molecule has 2 fully saturated rings. The normalized spacial score (nSPS) is 33.4. The van der Waals surface area contributed by atoms with Crippen LogP contribution < -0.4 is 5.32 Å². The maximum absolute atomic E-state index is 3.52. The number of nitrogens with zero attached hydrogens (tertiary/aromatic N) is 1. The molecule has 2 saturated heterocycles. The van der Waals surface area contributed by atoms with E-state index in [0.717, 1.165) is 5.92 Å². The van der Waals surface area contributed by atoms with Crippen LogP contribution >= 0.6 is 0 Å². The van der Waals surface area contributed by atoms with E-state index < -0.39 is 0 Å². The first kappa shape index (κ1) is 10.4. The molecule has 1 atom stereocenters. The highest BCUT2D eigenvalue weighted by Gasteiger charge is 2.40. The Morgan fingerprint density at radius 3 is 2.57 bits per heavy atom. The monoisotopic (exact) mass is 196 g/mol. The van der Waals surface area contributed by atoms with Crippen molar-refractivity contribution in [3.05, 3.63) is 0 Å². The summed E-state index contributed by atoms with van der Waals surface area (Å²) in [6, 6.07) is 0. The molecular formula is C12H24N2. The Labute approximate surface area is 88.1 Å². The van der Waals surface area contributed by atoms with Crippen molar-refractivity contribution in [2.75, 3.05) is 32.7 Å². The highest BCUT2D eigenvalue weighted by Crippen LogP contribution is 2.43. The quantitative estimate of drug-likeness (QED) is 0.687. The third kappa shape index (κ3) is 1.82. The summed E-state index contributed by atoms with van der Waals surface area (Å²) in [6.07, 6.45) is 4.28. The van der Waals surface area contributed by atoms with Gasteiger partial charge in [0, 0.05) is 0 Å². The zero-order chi connectivity index (χ0) is 10.0. The summed E-state index contributed by atoms with van der Waals surface area (Å²) >= 11 is 0. The average molecular weight is 196 g/mol. The molecule has 1 spiro atoms. The number of piperidine rings is 2. The predicted octanol–water partition coefficient (Wildman–Crippen LogP) is 1.72. The van der Waals surface area contributed by atoms with Crippen LogP contribution in [0.2, 0.25) is 0 Å². The van der Waals surface area contributed by atoms with E-state index in [1.165, 1.54) is 52.0 Å². The lowest BCUT2D eigenvalue weighted by atomic mass is 9.65. The minimum Gasteiger partial charge on any atom is -0.316 e. The van der Waals surface area contributed by atoms with Gasteiger partial charge in [-0.2, -0.15) is 0 Å². The molecule has 0 aliphatic carbocycles. The molecule has 2 heterocycles. The first-order chi connectivity index (χ1) is 6.77. The maximum Gasteiger partial charge on any atom is -0.00134 e. The topological polar surface area (TPSA) is 15.3 Å². The van der Waals surface area contributed by atoms with E-state index in [0.29, 0.717) is 5.41 Å². The molecule has 82 valence electrons. The SMILES string of the molecule is CCN1CCC2(CCNCC2C)CC1. The second-order valence-electron chi connectivity index (χ2n) is 5.15. The van der Waals surface area contributed by atoms with Gasteiger partial charge in [-0.05, 0) is 63.3 Å². The fourth-order valence-corrected chi connectivity index (χ4v) is 3.18. The van der Waals surface area contributed by atoms with Gasteiger partial charge in [-0.3, -0.25) is 0 Å². The van der Waals surface area contributed by atoms with Gasteiger partial charge in [0.15, 0.2) is 0 Å². The Balaban J connectivity index is 1.96. The van der Waals surface area contributed by atoms with E-state index in [-0.39, 0.29) is 0 Å². The zero-order valence-electron chi connectivity index (χ0n) is 9.68. The summed E-state index contributed by atoms with van der Waals surface area (Å²) in [4.78, 5) is 2.60. The van der Waals surface area contributed by atoms with Crippen LogP contribution in [-0.4, -0.2) is 37.6 Å². The van der Waals surface area contributed by atoms with E-state index in [1.807, 2.05) is 0 Å². The van der Waals surface area contributed by atoms with Gasteiger partial charge in [0.2, 0.25) is 0 Å². The molecule has 0 aromatic heterocycles. The maximum atomic E-state index is 3.52. The molecule has 0 radical (unpaired) electrons. The zero-order valence-corrected chi connectivity index (χ0v) is 9.68. The number of likely N-dealkylation sites (tertiary alicyclic amines) is 1. The smallest absolute Gasteiger partial charge is 0.00134 e. The van der Waals surface area contributed by atoms with Crippen LogP contribution in [0.3, 0.4) is 0 Å². The molecule has 1 unspecified atom stereocenters. The molecule has 2 rings (SSSR count). The molecule has 2 nitrogen and oxygen atoms in total. The molecular weight excluding hydrogens is 172 g/mol. The Bertz CT molecular complexity index is 183. The van der Waals surface area contributed by atoms with Gasteiger partial charge in [-0.25, -0.2) is 0 Å². The van der Waals surface area contributed by atoms with Gasteiger partial charge >= 0.3 is 0 Å². The molecule has 1 N–H and O–H groups in total. The summed E-state index contributed by atoms with van der Waals surface area (Å²) in [5, 5.41) is 3.52. The summed E-state index contributed by atoms with van der Waals surface area (Å²) < 4.78 is 0. The fraction of sp³-hybridized carbons (Fsp3) is 1.00. The number of hydrogen-bond donors (Lipinski definition) is 1. The molecule has 0 amide bonds. The van der Waals surface area contributed by atoms with Gasteiger partial charge in [0.25, 0.3) is 0 Å². The van der Waals surface area contributed by atoms with Crippen LogP contribution in [0.5, 0.6) is 0 Å². The number of rotatable bonds is 1. The van der Waals surface area contributed by atoms with Crippen molar-refractivity contribution in [3.63, 3.8) is 0 Å². The average Bonchev–Trinajstić information content (AvgIpc) is 2.24. The van der Waals surface area contributed by atoms with E-state index in [1.54, 1.807) is 0 Å². The minimum absolute atomic E-state index is 0.691. The Kier molecular flexibility index (Phi) is 3.13. The Morgan fingerprint density at radius 2 is 2.00 bits per heavy atom. The number of hydrogen-bond acceptors (Lipinski definition) is 2. The van der Waals surface area contributed by atoms with Crippen LogP contribution in [0.15, 0.2) is 0 Å². The summed E-state index contributed by atoms with van der Waals surface area (Å²) in [5.74, 6) is 0.884. The van der Waals surface area contributed by atoms with Crippen LogP contribution in [0.4, 0.5) is 0 Å². The van der Waals surface area contributed by atoms with Crippen molar-refractivity contribution < 1.29 is 0 Å². The summed E-state index contributed by atoms with van der Waals surface area (Å²) in [5.41, 5.74) is 0.691. The molecule has 2 aliphatic heterocycles. The van der Waals surface area contributed by atoms with Crippen molar-refractivity contribution in [3.8, 4) is 0 Å². The molecule has 0 bridgehead atoms. The summed E-state index contributed by atoms with van der Waals surface area (Å²) in [7, 11) is 0.